The van der Waals surface area contributed by atoms with Gasteiger partial charge in [0, 0.05) is 0 Å². The monoisotopic (exact) mass is 306 g/mol. The van der Waals surface area contributed by atoms with Crippen LogP contribution in [0.15, 0.2) is 24.3 Å². The minimum atomic E-state index is -0.881. The maximum Gasteiger partial charge on any atom is 0.164 e. The summed E-state index contributed by atoms with van der Waals surface area (Å²) in [4.78, 5) is 0. The fraction of sp³-hybridized carbons (Fsp3) is 0.667. The van der Waals surface area contributed by atoms with E-state index in [1.807, 2.05) is 38.1 Å². The molecule has 2 aliphatic rings. The van der Waals surface area contributed by atoms with Crippen molar-refractivity contribution in [2.75, 3.05) is 13.7 Å². The Morgan fingerprint density at radius 2 is 1.68 bits per heavy atom. The summed E-state index contributed by atoms with van der Waals surface area (Å²) >= 11 is 0. The Kier molecular flexibility index (Phi) is 3.96. The highest BCUT2D eigenvalue weighted by atomic mass is 16.8. The molecule has 0 spiro atoms. The van der Waals surface area contributed by atoms with Gasteiger partial charge in [-0.1, -0.05) is 31.4 Å². The molecule has 1 heterocycles. The molecule has 0 aromatic heterocycles. The zero-order valence-electron chi connectivity index (χ0n) is 13.7. The highest BCUT2D eigenvalue weighted by Crippen LogP contribution is 2.51. The number of ether oxygens (including phenoxy) is 3. The molecule has 1 saturated heterocycles. The first-order valence-corrected chi connectivity index (χ1v) is 8.12. The summed E-state index contributed by atoms with van der Waals surface area (Å²) in [6.07, 6.45) is 4.72. The lowest BCUT2D eigenvalue weighted by Gasteiger charge is -2.46. The van der Waals surface area contributed by atoms with Crippen LogP contribution in [0.25, 0.3) is 0 Å². The van der Waals surface area contributed by atoms with E-state index in [9.17, 15) is 5.11 Å². The fourth-order valence-corrected chi connectivity index (χ4v) is 3.79. The van der Waals surface area contributed by atoms with Gasteiger partial charge in [-0.05, 0) is 44.4 Å². The topological polar surface area (TPSA) is 47.9 Å². The summed E-state index contributed by atoms with van der Waals surface area (Å²) in [5, 5.41) is 11.4. The van der Waals surface area contributed by atoms with Crippen LogP contribution in [-0.2, 0) is 15.1 Å². The van der Waals surface area contributed by atoms with E-state index >= 15 is 0 Å². The van der Waals surface area contributed by atoms with Crippen LogP contribution in [0.1, 0.15) is 51.5 Å². The lowest BCUT2D eigenvalue weighted by molar-refractivity contribution is -0.227. The summed E-state index contributed by atoms with van der Waals surface area (Å²) in [6.45, 7) is 4.19. The first-order valence-electron chi connectivity index (χ1n) is 8.12. The van der Waals surface area contributed by atoms with Crippen molar-refractivity contribution in [3.8, 4) is 5.75 Å². The Balaban J connectivity index is 2.03. The molecule has 0 unspecified atom stereocenters. The Labute approximate surface area is 132 Å². The third-order valence-corrected chi connectivity index (χ3v) is 5.03. The summed E-state index contributed by atoms with van der Waals surface area (Å²) in [5.74, 6) is 0.111. The second-order valence-corrected chi connectivity index (χ2v) is 6.94. The first-order chi connectivity index (χ1) is 10.4. The minimum absolute atomic E-state index is 0.378. The number of methoxy groups -OCH3 is 1. The molecule has 1 aromatic carbocycles. The fourth-order valence-electron chi connectivity index (χ4n) is 3.79. The molecule has 1 saturated carbocycles. The number of rotatable bonds is 3. The van der Waals surface area contributed by atoms with Crippen LogP contribution in [0.2, 0.25) is 0 Å². The summed E-state index contributed by atoms with van der Waals surface area (Å²) in [5.41, 5.74) is -0.722. The molecule has 0 bridgehead atoms. The second kappa shape index (κ2) is 5.52. The third kappa shape index (κ3) is 2.53. The summed E-state index contributed by atoms with van der Waals surface area (Å²) < 4.78 is 17.4. The van der Waals surface area contributed by atoms with Crippen molar-refractivity contribution < 1.29 is 19.3 Å². The third-order valence-electron chi connectivity index (χ3n) is 5.03. The Morgan fingerprint density at radius 1 is 1.05 bits per heavy atom. The van der Waals surface area contributed by atoms with Crippen LogP contribution in [0, 0.1) is 0 Å². The Bertz CT molecular complexity index is 516. The Hall–Kier alpha value is -1.10. The van der Waals surface area contributed by atoms with Crippen molar-refractivity contribution in [2.45, 2.75) is 62.9 Å². The SMILES string of the molecule is COc1ccc([C@]2(C3(O)CCCCC3)COC(C)(C)O2)cc1. The van der Waals surface area contributed by atoms with Crippen LogP contribution in [0.3, 0.4) is 0 Å². The predicted octanol–water partition coefficient (Wildman–Crippen LogP) is 3.37. The van der Waals surface area contributed by atoms with Gasteiger partial charge in [0.05, 0.1) is 13.7 Å². The van der Waals surface area contributed by atoms with Gasteiger partial charge in [-0.3, -0.25) is 0 Å². The minimum Gasteiger partial charge on any atom is -0.497 e. The highest BCUT2D eigenvalue weighted by molar-refractivity contribution is 5.34. The molecule has 1 aromatic rings. The van der Waals surface area contributed by atoms with Crippen molar-refractivity contribution in [1.82, 2.24) is 0 Å². The molecule has 1 atom stereocenters. The molecule has 4 nitrogen and oxygen atoms in total. The molecule has 1 aliphatic carbocycles. The highest BCUT2D eigenvalue weighted by Gasteiger charge is 2.59. The zero-order valence-corrected chi connectivity index (χ0v) is 13.7. The smallest absolute Gasteiger partial charge is 0.164 e. The van der Waals surface area contributed by atoms with E-state index in [1.165, 1.54) is 6.42 Å². The number of hydrogen-bond acceptors (Lipinski definition) is 4. The summed E-state index contributed by atoms with van der Waals surface area (Å²) in [7, 11) is 1.65. The van der Waals surface area contributed by atoms with Gasteiger partial charge in [0.2, 0.25) is 0 Å². The maximum atomic E-state index is 11.4. The van der Waals surface area contributed by atoms with Crippen LogP contribution in [0.4, 0.5) is 0 Å². The number of benzene rings is 1. The molecule has 1 N–H and O–H groups in total. The average Bonchev–Trinajstić information content (AvgIpc) is 2.86. The standard InChI is InChI=1S/C18H26O4/c1-16(2)21-13-18(22-16,17(19)11-5-4-6-12-17)14-7-9-15(20-3)10-8-14/h7-10,19H,4-6,11-13H2,1-3H3/t18-/m0/s1. The van der Waals surface area contributed by atoms with Gasteiger partial charge >= 0.3 is 0 Å². The molecule has 4 heteroatoms. The summed E-state index contributed by atoms with van der Waals surface area (Å²) in [6, 6.07) is 7.79. The van der Waals surface area contributed by atoms with Crippen molar-refractivity contribution in [1.29, 1.82) is 0 Å². The molecule has 122 valence electrons. The van der Waals surface area contributed by atoms with E-state index in [-0.39, 0.29) is 0 Å². The van der Waals surface area contributed by atoms with E-state index in [2.05, 4.69) is 0 Å². The van der Waals surface area contributed by atoms with Crippen molar-refractivity contribution in [2.24, 2.45) is 0 Å². The van der Waals surface area contributed by atoms with E-state index in [0.29, 0.717) is 6.61 Å². The van der Waals surface area contributed by atoms with Crippen LogP contribution < -0.4 is 4.74 Å². The van der Waals surface area contributed by atoms with Gasteiger partial charge in [0.1, 0.15) is 17.0 Å². The number of hydrogen-bond donors (Lipinski definition) is 1. The van der Waals surface area contributed by atoms with Crippen molar-refractivity contribution in [3.05, 3.63) is 29.8 Å². The van der Waals surface area contributed by atoms with Gasteiger partial charge in [0.25, 0.3) is 0 Å². The first kappa shape index (κ1) is 15.8. The van der Waals surface area contributed by atoms with Gasteiger partial charge in [0.15, 0.2) is 5.79 Å². The van der Waals surface area contributed by atoms with Crippen molar-refractivity contribution >= 4 is 0 Å². The van der Waals surface area contributed by atoms with Gasteiger partial charge in [-0.2, -0.15) is 0 Å². The van der Waals surface area contributed by atoms with Crippen molar-refractivity contribution in [3.63, 3.8) is 0 Å². The molecule has 2 fully saturated rings. The molecule has 3 rings (SSSR count). The van der Waals surface area contributed by atoms with E-state index in [4.69, 9.17) is 14.2 Å². The predicted molar refractivity (Wildman–Crippen MR) is 83.8 cm³/mol. The normalized spacial score (nSPS) is 30.2. The van der Waals surface area contributed by atoms with Crippen LogP contribution >= 0.6 is 0 Å². The molecular weight excluding hydrogens is 280 g/mol. The quantitative estimate of drug-likeness (QED) is 0.930. The molecule has 22 heavy (non-hydrogen) atoms. The van der Waals surface area contributed by atoms with E-state index in [1.54, 1.807) is 7.11 Å². The van der Waals surface area contributed by atoms with E-state index in [0.717, 1.165) is 37.0 Å². The van der Waals surface area contributed by atoms with Crippen LogP contribution in [0.5, 0.6) is 5.75 Å². The molecular formula is C18H26O4. The second-order valence-electron chi connectivity index (χ2n) is 6.94. The average molecular weight is 306 g/mol. The lowest BCUT2D eigenvalue weighted by Crippen LogP contribution is -2.55. The zero-order chi connectivity index (χ0) is 15.8. The molecule has 0 amide bonds. The van der Waals surface area contributed by atoms with Gasteiger partial charge in [-0.15, -0.1) is 0 Å². The number of aliphatic hydroxyl groups is 1. The largest absolute Gasteiger partial charge is 0.497 e. The van der Waals surface area contributed by atoms with Gasteiger partial charge < -0.3 is 19.3 Å². The maximum absolute atomic E-state index is 11.4. The van der Waals surface area contributed by atoms with E-state index < -0.39 is 17.0 Å². The Morgan fingerprint density at radius 3 is 2.18 bits per heavy atom. The van der Waals surface area contributed by atoms with Crippen LogP contribution in [-0.4, -0.2) is 30.2 Å². The van der Waals surface area contributed by atoms with Gasteiger partial charge in [-0.25, -0.2) is 0 Å². The molecule has 1 aliphatic heterocycles. The lowest BCUT2D eigenvalue weighted by atomic mass is 9.70. The molecule has 0 radical (unpaired) electrons.